The predicted molar refractivity (Wildman–Crippen MR) is 126 cm³/mol. The minimum atomic E-state index is 0.590. The summed E-state index contributed by atoms with van der Waals surface area (Å²) in [6.07, 6.45) is 16.4. The van der Waals surface area contributed by atoms with Gasteiger partial charge >= 0.3 is 0 Å². The minimum Gasteiger partial charge on any atom is -0.300 e. The van der Waals surface area contributed by atoms with Gasteiger partial charge in [0.25, 0.3) is 0 Å². The second kappa shape index (κ2) is 8.14. The molecule has 0 aromatic carbocycles. The van der Waals surface area contributed by atoms with E-state index in [9.17, 15) is 0 Å². The summed E-state index contributed by atoms with van der Waals surface area (Å²) in [6, 6.07) is 1.64. The first-order chi connectivity index (χ1) is 13.7. The maximum Gasteiger partial charge on any atom is 0.0152 e. The molecule has 168 valence electrons. The van der Waals surface area contributed by atoms with Gasteiger partial charge in [0.1, 0.15) is 0 Å². The van der Waals surface area contributed by atoms with E-state index >= 15 is 0 Å². The van der Waals surface area contributed by atoms with Gasteiger partial charge in [-0.25, -0.2) is 0 Å². The molecule has 0 aromatic rings. The highest BCUT2D eigenvalue weighted by atomic mass is 15.2. The van der Waals surface area contributed by atoms with Crippen LogP contribution in [0.4, 0.5) is 0 Å². The monoisotopic (exact) mass is 401 g/mol. The summed E-state index contributed by atoms with van der Waals surface area (Å²) in [5, 5.41) is 0. The van der Waals surface area contributed by atoms with E-state index in [1.807, 2.05) is 0 Å². The SMILES string of the molecule is CC(C)CCC[C@@H](C)C1CC[C@H]2[C@@H]3CC[C@H]4N(C)[C@@H](C)CC[C@]4(C)[C@H]3CC[C@]12C. The second-order valence-corrected chi connectivity index (χ2v) is 13.1. The maximum atomic E-state index is 2.78. The summed E-state index contributed by atoms with van der Waals surface area (Å²) in [6.45, 7) is 15.3. The van der Waals surface area contributed by atoms with E-state index in [0.717, 1.165) is 47.6 Å². The molecule has 1 heterocycles. The first kappa shape index (κ1) is 22.2. The maximum absolute atomic E-state index is 2.78. The number of likely N-dealkylation sites (tertiary alicyclic amines) is 1. The molecule has 4 rings (SSSR count). The predicted octanol–water partition coefficient (Wildman–Crippen LogP) is 7.79. The number of piperidine rings is 1. The van der Waals surface area contributed by atoms with Crippen molar-refractivity contribution in [3.63, 3.8) is 0 Å². The highest BCUT2D eigenvalue weighted by molar-refractivity contribution is 5.11. The molecule has 0 radical (unpaired) electrons. The lowest BCUT2D eigenvalue weighted by Crippen LogP contribution is -2.61. The van der Waals surface area contributed by atoms with Crippen molar-refractivity contribution < 1.29 is 0 Å². The smallest absolute Gasteiger partial charge is 0.0152 e. The topological polar surface area (TPSA) is 3.24 Å². The van der Waals surface area contributed by atoms with E-state index in [-0.39, 0.29) is 0 Å². The largest absolute Gasteiger partial charge is 0.300 e. The number of hydrogen-bond acceptors (Lipinski definition) is 1. The molecule has 3 saturated carbocycles. The number of nitrogens with zero attached hydrogens (tertiary/aromatic N) is 1. The molecule has 9 atom stereocenters. The molecule has 4 aliphatic rings. The average Bonchev–Trinajstić information content (AvgIpc) is 3.02. The summed E-state index contributed by atoms with van der Waals surface area (Å²) >= 11 is 0. The average molecular weight is 402 g/mol. The molecule has 1 saturated heterocycles. The number of fused-ring (bicyclic) bond motifs is 5. The van der Waals surface area contributed by atoms with Gasteiger partial charge in [-0.3, -0.25) is 0 Å². The quantitative estimate of drug-likeness (QED) is 0.454. The van der Waals surface area contributed by atoms with E-state index in [2.05, 4.69) is 53.5 Å². The molecule has 1 heteroatoms. The third kappa shape index (κ3) is 3.64. The van der Waals surface area contributed by atoms with Crippen molar-refractivity contribution in [2.45, 2.75) is 124 Å². The van der Waals surface area contributed by atoms with Crippen molar-refractivity contribution in [3.8, 4) is 0 Å². The lowest BCUT2D eigenvalue weighted by Gasteiger charge is -2.63. The lowest BCUT2D eigenvalue weighted by atomic mass is 9.46. The van der Waals surface area contributed by atoms with Crippen molar-refractivity contribution in [1.29, 1.82) is 0 Å². The summed E-state index contributed by atoms with van der Waals surface area (Å²) < 4.78 is 0. The van der Waals surface area contributed by atoms with Gasteiger partial charge in [0.05, 0.1) is 0 Å². The molecular weight excluding hydrogens is 350 g/mol. The Morgan fingerprint density at radius 3 is 2.24 bits per heavy atom. The molecule has 1 unspecified atom stereocenters. The zero-order chi connectivity index (χ0) is 21.0. The standard InChI is InChI=1S/C28H51N/c1-19(2)9-8-10-20(3)23-12-13-24-22-11-14-26-28(6,17-15-21(4)29(26)7)25(22)16-18-27(23,24)5/h19-26H,8-18H2,1-7H3/t20-,21+,22+,23?,24+,25+,26-,27-,28-/m1/s1. The molecule has 1 aliphatic heterocycles. The Bertz CT molecular complexity index is 569. The molecule has 0 N–H and O–H groups in total. The van der Waals surface area contributed by atoms with Crippen molar-refractivity contribution in [2.24, 2.45) is 46.3 Å². The molecule has 1 nitrogen and oxygen atoms in total. The zero-order valence-corrected chi connectivity index (χ0v) is 20.8. The highest BCUT2D eigenvalue weighted by Gasteiger charge is 2.61. The molecule has 0 spiro atoms. The Morgan fingerprint density at radius 1 is 0.828 bits per heavy atom. The van der Waals surface area contributed by atoms with Crippen molar-refractivity contribution >= 4 is 0 Å². The van der Waals surface area contributed by atoms with Crippen LogP contribution in [0.3, 0.4) is 0 Å². The number of hydrogen-bond donors (Lipinski definition) is 0. The van der Waals surface area contributed by atoms with Gasteiger partial charge in [-0.1, -0.05) is 53.9 Å². The van der Waals surface area contributed by atoms with Crippen LogP contribution in [0.2, 0.25) is 0 Å². The van der Waals surface area contributed by atoms with Crippen LogP contribution in [0, 0.1) is 46.3 Å². The molecule has 0 aromatic heterocycles. The molecule has 3 aliphatic carbocycles. The third-order valence-electron chi connectivity index (χ3n) is 11.3. The Balaban J connectivity index is 1.48. The van der Waals surface area contributed by atoms with E-state index in [4.69, 9.17) is 0 Å². The van der Waals surface area contributed by atoms with Crippen LogP contribution in [0.5, 0.6) is 0 Å². The van der Waals surface area contributed by atoms with Crippen LogP contribution in [0.15, 0.2) is 0 Å². The molecule has 0 bridgehead atoms. The fourth-order valence-corrected chi connectivity index (χ4v) is 9.51. The van der Waals surface area contributed by atoms with Crippen molar-refractivity contribution in [1.82, 2.24) is 4.90 Å². The normalized spacial score (nSPS) is 48.8. The fraction of sp³-hybridized carbons (Fsp3) is 1.00. The van der Waals surface area contributed by atoms with Crippen LogP contribution in [-0.4, -0.2) is 24.0 Å². The van der Waals surface area contributed by atoms with E-state index < -0.39 is 0 Å². The van der Waals surface area contributed by atoms with Crippen LogP contribution in [0.1, 0.15) is 112 Å². The van der Waals surface area contributed by atoms with Gasteiger partial charge in [-0.15, -0.1) is 0 Å². The van der Waals surface area contributed by atoms with Crippen molar-refractivity contribution in [3.05, 3.63) is 0 Å². The van der Waals surface area contributed by atoms with Gasteiger partial charge < -0.3 is 4.90 Å². The van der Waals surface area contributed by atoms with Gasteiger partial charge in [0, 0.05) is 12.1 Å². The zero-order valence-electron chi connectivity index (χ0n) is 20.8. The van der Waals surface area contributed by atoms with E-state index in [0.29, 0.717) is 10.8 Å². The highest BCUT2D eigenvalue weighted by Crippen LogP contribution is 2.67. The van der Waals surface area contributed by atoms with Crippen LogP contribution >= 0.6 is 0 Å². The van der Waals surface area contributed by atoms with Crippen LogP contribution in [0.25, 0.3) is 0 Å². The van der Waals surface area contributed by atoms with Gasteiger partial charge in [-0.05, 0) is 112 Å². The van der Waals surface area contributed by atoms with Gasteiger partial charge in [-0.2, -0.15) is 0 Å². The lowest BCUT2D eigenvalue weighted by molar-refractivity contribution is -0.135. The van der Waals surface area contributed by atoms with Crippen LogP contribution in [-0.2, 0) is 0 Å². The number of rotatable bonds is 5. The molecule has 4 fully saturated rings. The third-order valence-corrected chi connectivity index (χ3v) is 11.3. The second-order valence-electron chi connectivity index (χ2n) is 13.1. The molecule has 0 amide bonds. The van der Waals surface area contributed by atoms with Gasteiger partial charge in [0.2, 0.25) is 0 Å². The minimum absolute atomic E-state index is 0.590. The Hall–Kier alpha value is -0.0400. The Kier molecular flexibility index (Phi) is 6.22. The first-order valence-corrected chi connectivity index (χ1v) is 13.4. The first-order valence-electron chi connectivity index (χ1n) is 13.4. The Labute approximate surface area is 182 Å². The summed E-state index contributed by atoms with van der Waals surface area (Å²) in [4.78, 5) is 2.78. The van der Waals surface area contributed by atoms with E-state index in [1.54, 1.807) is 6.42 Å². The van der Waals surface area contributed by atoms with Crippen molar-refractivity contribution in [2.75, 3.05) is 7.05 Å². The molecule has 29 heavy (non-hydrogen) atoms. The van der Waals surface area contributed by atoms with Crippen LogP contribution < -0.4 is 0 Å². The fourth-order valence-electron chi connectivity index (χ4n) is 9.51. The van der Waals surface area contributed by atoms with E-state index in [1.165, 1.54) is 64.2 Å². The van der Waals surface area contributed by atoms with Gasteiger partial charge in [0.15, 0.2) is 0 Å². The molecular formula is C28H51N. The summed E-state index contributed by atoms with van der Waals surface area (Å²) in [5.41, 5.74) is 1.24. The summed E-state index contributed by atoms with van der Waals surface area (Å²) in [7, 11) is 2.43. The summed E-state index contributed by atoms with van der Waals surface area (Å²) in [5.74, 6) is 5.88. The Morgan fingerprint density at radius 2 is 1.52 bits per heavy atom.